The third-order valence-electron chi connectivity index (χ3n) is 3.39. The Morgan fingerprint density at radius 3 is 2.39 bits per heavy atom. The highest BCUT2D eigenvalue weighted by Crippen LogP contribution is 2.33. The Morgan fingerprint density at radius 1 is 1.04 bits per heavy atom. The van der Waals surface area contributed by atoms with Gasteiger partial charge in [0, 0.05) is 11.6 Å². The van der Waals surface area contributed by atoms with Crippen LogP contribution in [0.1, 0.15) is 12.5 Å². The van der Waals surface area contributed by atoms with E-state index in [2.05, 4.69) is 9.71 Å². The van der Waals surface area contributed by atoms with Crippen molar-refractivity contribution in [2.45, 2.75) is 6.92 Å². The largest absolute Gasteiger partial charge is 0.337 e. The van der Waals surface area contributed by atoms with Gasteiger partial charge in [-0.15, -0.1) is 4.40 Å². The van der Waals surface area contributed by atoms with Crippen molar-refractivity contribution in [2.24, 2.45) is 4.40 Å². The zero-order valence-corrected chi connectivity index (χ0v) is 12.9. The highest BCUT2D eigenvalue weighted by molar-refractivity contribution is 8.00. The first-order valence-corrected chi connectivity index (χ1v) is 8.16. The molecule has 1 aliphatic heterocycles. The normalized spacial score (nSPS) is 16.4. The van der Waals surface area contributed by atoms with E-state index in [0.717, 1.165) is 6.07 Å². The minimum Gasteiger partial charge on any atom is -0.337 e. The van der Waals surface area contributed by atoms with Crippen molar-refractivity contribution in [1.29, 1.82) is 0 Å². The molecule has 118 valence electrons. The van der Waals surface area contributed by atoms with Crippen LogP contribution in [0.4, 0.5) is 14.5 Å². The molecule has 0 unspecified atom stereocenters. The number of benzene rings is 2. The van der Waals surface area contributed by atoms with E-state index in [-0.39, 0.29) is 16.4 Å². The zero-order chi connectivity index (χ0) is 16.6. The van der Waals surface area contributed by atoms with Gasteiger partial charge >= 0.3 is 0 Å². The maximum absolute atomic E-state index is 13.7. The van der Waals surface area contributed by atoms with Gasteiger partial charge in [-0.1, -0.05) is 30.3 Å². The molecule has 1 heterocycles. The number of hydrogen-bond donors (Lipinski definition) is 1. The number of hydrogen-bond acceptors (Lipinski definition) is 3. The average Bonchev–Trinajstić information content (AvgIpc) is 2.72. The summed E-state index contributed by atoms with van der Waals surface area (Å²) in [6, 6.07) is 11.5. The SMILES string of the molecule is CC1=C(c2ccccc2)S(=O)(=O)N=C1Nc1ccc(F)cc1F. The molecule has 0 fully saturated rings. The fraction of sp³-hybridized carbons (Fsp3) is 0.0625. The summed E-state index contributed by atoms with van der Waals surface area (Å²) in [6.07, 6.45) is 0. The monoisotopic (exact) mass is 334 g/mol. The van der Waals surface area contributed by atoms with Crippen molar-refractivity contribution in [1.82, 2.24) is 0 Å². The van der Waals surface area contributed by atoms with Gasteiger partial charge in [-0.25, -0.2) is 8.78 Å². The summed E-state index contributed by atoms with van der Waals surface area (Å²) in [7, 11) is -3.87. The number of amidine groups is 1. The predicted molar refractivity (Wildman–Crippen MR) is 85.4 cm³/mol. The van der Waals surface area contributed by atoms with Gasteiger partial charge in [-0.05, 0) is 24.6 Å². The quantitative estimate of drug-likeness (QED) is 0.914. The fourth-order valence-corrected chi connectivity index (χ4v) is 3.76. The summed E-state index contributed by atoms with van der Waals surface area (Å²) < 4.78 is 54.9. The van der Waals surface area contributed by atoms with Crippen LogP contribution in [-0.2, 0) is 10.0 Å². The van der Waals surface area contributed by atoms with Crippen LogP contribution in [0.5, 0.6) is 0 Å². The summed E-state index contributed by atoms with van der Waals surface area (Å²) in [6.45, 7) is 1.58. The molecule has 0 saturated carbocycles. The number of halogens is 2. The fourth-order valence-electron chi connectivity index (χ4n) is 2.33. The summed E-state index contributed by atoms with van der Waals surface area (Å²) in [4.78, 5) is 0.0723. The van der Waals surface area contributed by atoms with E-state index in [1.807, 2.05) is 0 Å². The first-order valence-electron chi connectivity index (χ1n) is 6.72. The molecule has 2 aromatic carbocycles. The second kappa shape index (κ2) is 5.58. The maximum atomic E-state index is 13.7. The van der Waals surface area contributed by atoms with E-state index < -0.39 is 21.7 Å². The molecule has 4 nitrogen and oxygen atoms in total. The first kappa shape index (κ1) is 15.4. The van der Waals surface area contributed by atoms with Crippen molar-refractivity contribution in [2.75, 3.05) is 5.32 Å². The van der Waals surface area contributed by atoms with Crippen LogP contribution in [0.25, 0.3) is 4.91 Å². The number of sulfonamides is 1. The van der Waals surface area contributed by atoms with E-state index in [4.69, 9.17) is 0 Å². The van der Waals surface area contributed by atoms with Gasteiger partial charge in [0.1, 0.15) is 22.4 Å². The molecule has 0 saturated heterocycles. The van der Waals surface area contributed by atoms with Crippen LogP contribution in [0, 0.1) is 11.6 Å². The Kier molecular flexibility index (Phi) is 3.73. The van der Waals surface area contributed by atoms with Crippen LogP contribution < -0.4 is 5.32 Å². The molecule has 0 atom stereocenters. The molecule has 0 spiro atoms. The van der Waals surface area contributed by atoms with Gasteiger partial charge in [0.15, 0.2) is 0 Å². The molecule has 2 aromatic rings. The third-order valence-corrected chi connectivity index (χ3v) is 4.87. The van der Waals surface area contributed by atoms with E-state index in [1.54, 1.807) is 37.3 Å². The molecule has 0 bridgehead atoms. The second-order valence-corrected chi connectivity index (χ2v) is 6.53. The van der Waals surface area contributed by atoms with E-state index in [1.165, 1.54) is 6.07 Å². The molecular formula is C16H12F2N2O2S. The van der Waals surface area contributed by atoms with Gasteiger partial charge < -0.3 is 5.32 Å². The Balaban J connectivity index is 2.03. The number of rotatable bonds is 2. The molecule has 1 aliphatic rings. The number of anilines is 1. The lowest BCUT2D eigenvalue weighted by atomic mass is 10.1. The minimum atomic E-state index is -3.87. The topological polar surface area (TPSA) is 58.5 Å². The summed E-state index contributed by atoms with van der Waals surface area (Å²) in [5, 5.41) is 2.61. The summed E-state index contributed by atoms with van der Waals surface area (Å²) in [5.74, 6) is -1.52. The standard InChI is InChI=1S/C16H12F2N2O2S/c1-10-15(11-5-3-2-4-6-11)23(21,22)20-16(10)19-14-8-7-12(17)9-13(14)18/h2-9H,1H3,(H,19,20). The molecule has 0 aromatic heterocycles. The van der Waals surface area contributed by atoms with Crippen LogP contribution >= 0.6 is 0 Å². The highest BCUT2D eigenvalue weighted by Gasteiger charge is 2.31. The number of nitrogens with zero attached hydrogens (tertiary/aromatic N) is 1. The average molecular weight is 334 g/mol. The van der Waals surface area contributed by atoms with Gasteiger partial charge in [-0.2, -0.15) is 8.42 Å². The van der Waals surface area contributed by atoms with Gasteiger partial charge in [0.25, 0.3) is 10.0 Å². The molecule has 0 amide bonds. The predicted octanol–water partition coefficient (Wildman–Crippen LogP) is 3.55. The van der Waals surface area contributed by atoms with Crippen LogP contribution in [0.3, 0.4) is 0 Å². The van der Waals surface area contributed by atoms with E-state index in [0.29, 0.717) is 17.2 Å². The van der Waals surface area contributed by atoms with Crippen molar-refractivity contribution >= 4 is 26.5 Å². The molecular weight excluding hydrogens is 322 g/mol. The lowest BCUT2D eigenvalue weighted by Crippen LogP contribution is -2.12. The lowest BCUT2D eigenvalue weighted by molar-refractivity contribution is 0.586. The molecule has 1 N–H and O–H groups in total. The highest BCUT2D eigenvalue weighted by atomic mass is 32.2. The Labute approximate surface area is 132 Å². The molecule has 0 radical (unpaired) electrons. The molecule has 23 heavy (non-hydrogen) atoms. The Bertz CT molecular complexity index is 936. The third kappa shape index (κ3) is 2.87. The summed E-state index contributed by atoms with van der Waals surface area (Å²) >= 11 is 0. The Hall–Kier alpha value is -2.54. The smallest absolute Gasteiger partial charge is 0.285 e. The van der Waals surface area contributed by atoms with Crippen LogP contribution in [0.2, 0.25) is 0 Å². The van der Waals surface area contributed by atoms with Crippen molar-refractivity contribution in [3.8, 4) is 0 Å². The second-order valence-electron chi connectivity index (χ2n) is 4.98. The first-order chi connectivity index (χ1) is 10.9. The zero-order valence-electron chi connectivity index (χ0n) is 12.0. The van der Waals surface area contributed by atoms with Gasteiger partial charge in [-0.3, -0.25) is 0 Å². The summed E-state index contributed by atoms with van der Waals surface area (Å²) in [5.41, 5.74) is 0.832. The van der Waals surface area contributed by atoms with E-state index >= 15 is 0 Å². The van der Waals surface area contributed by atoms with E-state index in [9.17, 15) is 17.2 Å². The van der Waals surface area contributed by atoms with Gasteiger partial charge in [0.2, 0.25) is 0 Å². The van der Waals surface area contributed by atoms with Crippen LogP contribution in [0.15, 0.2) is 58.5 Å². The Morgan fingerprint density at radius 2 is 1.74 bits per heavy atom. The molecule has 7 heteroatoms. The van der Waals surface area contributed by atoms with Gasteiger partial charge in [0.05, 0.1) is 5.69 Å². The van der Waals surface area contributed by atoms with Crippen molar-refractivity contribution in [3.63, 3.8) is 0 Å². The minimum absolute atomic E-state index is 0.0226. The number of nitrogens with one attached hydrogen (secondary N) is 1. The maximum Gasteiger partial charge on any atom is 0.285 e. The van der Waals surface area contributed by atoms with Crippen LogP contribution in [-0.4, -0.2) is 14.3 Å². The molecule has 3 rings (SSSR count). The molecule has 0 aliphatic carbocycles. The lowest BCUT2D eigenvalue weighted by Gasteiger charge is -2.08. The van der Waals surface area contributed by atoms with Crippen molar-refractivity contribution < 1.29 is 17.2 Å². The van der Waals surface area contributed by atoms with Crippen molar-refractivity contribution in [3.05, 3.63) is 71.3 Å².